The molecule has 0 saturated heterocycles. The number of aryl methyl sites for hydroxylation is 1. The highest BCUT2D eigenvalue weighted by Crippen LogP contribution is 2.07. The Morgan fingerprint density at radius 1 is 0.875 bits per heavy atom. The molecule has 0 aliphatic rings. The minimum Gasteiger partial charge on any atom is -0.384 e. The molecule has 0 aromatic heterocycles. The van der Waals surface area contributed by atoms with Gasteiger partial charge in [-0.2, -0.15) is 0 Å². The fourth-order valence-corrected chi connectivity index (χ4v) is 3.05. The van der Waals surface area contributed by atoms with Crippen LogP contribution < -0.4 is 27.8 Å². The van der Waals surface area contributed by atoms with E-state index >= 15 is 0 Å². The van der Waals surface area contributed by atoms with Crippen molar-refractivity contribution in [1.29, 1.82) is 5.41 Å². The smallest absolute Gasteiger partial charge is 0.242 e. The average molecular weight is 439 g/mol. The number of nitrogens with one attached hydrogen (secondary N) is 3. The van der Waals surface area contributed by atoms with E-state index < -0.39 is 29.8 Å². The molecule has 0 radical (unpaired) electrons. The molecule has 9 N–H and O–H groups in total. The molecule has 9 heteroatoms. The summed E-state index contributed by atoms with van der Waals surface area (Å²) >= 11 is 0. The van der Waals surface area contributed by atoms with Gasteiger partial charge in [0.25, 0.3) is 0 Å². The maximum Gasteiger partial charge on any atom is 0.242 e. The van der Waals surface area contributed by atoms with Gasteiger partial charge in [0.05, 0.1) is 6.04 Å². The average Bonchev–Trinajstić information content (AvgIpc) is 2.79. The molecule has 2 atom stereocenters. The summed E-state index contributed by atoms with van der Waals surface area (Å²) < 4.78 is 0. The molecule has 32 heavy (non-hydrogen) atoms. The van der Waals surface area contributed by atoms with Crippen LogP contribution >= 0.6 is 0 Å². The van der Waals surface area contributed by atoms with Crippen LogP contribution in [0.3, 0.4) is 0 Å². The summed E-state index contributed by atoms with van der Waals surface area (Å²) in [4.78, 5) is 36.4. The zero-order valence-electron chi connectivity index (χ0n) is 17.8. The number of amides is 3. The predicted molar refractivity (Wildman–Crippen MR) is 122 cm³/mol. The first-order chi connectivity index (χ1) is 15.3. The predicted octanol–water partition coefficient (Wildman–Crippen LogP) is 0.297. The van der Waals surface area contributed by atoms with Crippen molar-refractivity contribution in [2.75, 3.05) is 0 Å². The first-order valence-corrected chi connectivity index (χ1v) is 10.4. The number of primary amides is 1. The second-order valence-corrected chi connectivity index (χ2v) is 7.53. The lowest BCUT2D eigenvalue weighted by molar-refractivity contribution is -0.130. The number of amidine groups is 1. The number of nitrogen functional groups attached to an aromatic ring is 1. The topological polar surface area (TPSA) is 177 Å². The van der Waals surface area contributed by atoms with Crippen LogP contribution in [0, 0.1) is 5.41 Å². The molecule has 2 aromatic rings. The van der Waals surface area contributed by atoms with Crippen molar-refractivity contribution in [2.24, 2.45) is 17.2 Å². The molecule has 0 heterocycles. The Balaban J connectivity index is 1.92. The number of hydrogen-bond acceptors (Lipinski definition) is 5. The Hall–Kier alpha value is -3.72. The third-order valence-electron chi connectivity index (χ3n) is 4.97. The third kappa shape index (κ3) is 8.19. The van der Waals surface area contributed by atoms with Crippen LogP contribution in [0.5, 0.6) is 0 Å². The summed E-state index contributed by atoms with van der Waals surface area (Å²) in [6.07, 6.45) is 1.07. The van der Waals surface area contributed by atoms with E-state index in [4.69, 9.17) is 22.6 Å². The number of hydrogen-bond donors (Lipinski definition) is 6. The fourth-order valence-electron chi connectivity index (χ4n) is 3.05. The van der Waals surface area contributed by atoms with E-state index in [1.54, 1.807) is 24.3 Å². The molecule has 3 amide bonds. The fraction of sp³-hybridized carbons (Fsp3) is 0.304. The van der Waals surface area contributed by atoms with Crippen molar-refractivity contribution in [3.05, 3.63) is 71.3 Å². The van der Waals surface area contributed by atoms with Crippen LogP contribution in [0.4, 0.5) is 0 Å². The van der Waals surface area contributed by atoms with Gasteiger partial charge in [-0.25, -0.2) is 0 Å². The van der Waals surface area contributed by atoms with Crippen molar-refractivity contribution in [3.63, 3.8) is 0 Å². The standard InChI is InChI=1S/C23H30N6O3/c24-18(11-8-15-4-2-1-3-5-15)22(31)29-19(12-13-20(25)30)23(32)28-14-16-6-9-17(10-7-16)21(26)27/h1-7,9-10,18-19H,8,11-14,24H2,(H2,25,30)(H3,26,27)(H,28,32)(H,29,31)/t18-,19+/m1/s1. The summed E-state index contributed by atoms with van der Waals surface area (Å²) in [5.74, 6) is -1.51. The zero-order chi connectivity index (χ0) is 23.5. The second-order valence-electron chi connectivity index (χ2n) is 7.53. The quantitative estimate of drug-likeness (QED) is 0.206. The van der Waals surface area contributed by atoms with E-state index in [0.29, 0.717) is 18.4 Å². The molecule has 9 nitrogen and oxygen atoms in total. The van der Waals surface area contributed by atoms with E-state index in [9.17, 15) is 14.4 Å². The summed E-state index contributed by atoms with van der Waals surface area (Å²) in [5.41, 5.74) is 19.1. The van der Waals surface area contributed by atoms with Gasteiger partial charge < -0.3 is 27.8 Å². The summed E-state index contributed by atoms with van der Waals surface area (Å²) in [7, 11) is 0. The van der Waals surface area contributed by atoms with E-state index in [0.717, 1.165) is 11.1 Å². The van der Waals surface area contributed by atoms with Gasteiger partial charge in [-0.05, 0) is 30.4 Å². The van der Waals surface area contributed by atoms with Gasteiger partial charge in [0.15, 0.2) is 0 Å². The van der Waals surface area contributed by atoms with Crippen LogP contribution in [0.25, 0.3) is 0 Å². The Kier molecular flexibility index (Phi) is 9.37. The molecule has 0 unspecified atom stereocenters. The monoisotopic (exact) mass is 438 g/mol. The number of carbonyl (C=O) groups is 3. The zero-order valence-corrected chi connectivity index (χ0v) is 17.8. The van der Waals surface area contributed by atoms with Gasteiger partial charge in [-0.1, -0.05) is 54.6 Å². The maximum absolute atomic E-state index is 12.7. The van der Waals surface area contributed by atoms with Crippen molar-refractivity contribution < 1.29 is 14.4 Å². The molecule has 0 fully saturated rings. The van der Waals surface area contributed by atoms with Crippen LogP contribution in [0.2, 0.25) is 0 Å². The lowest BCUT2D eigenvalue weighted by atomic mass is 10.0. The molecular formula is C23H30N6O3. The largest absolute Gasteiger partial charge is 0.384 e. The van der Waals surface area contributed by atoms with Crippen molar-refractivity contribution in [2.45, 2.75) is 44.3 Å². The molecule has 0 aliphatic carbocycles. The molecule has 0 aliphatic heterocycles. The first-order valence-electron chi connectivity index (χ1n) is 10.4. The Bertz CT molecular complexity index is 931. The van der Waals surface area contributed by atoms with Crippen LogP contribution in [0.1, 0.15) is 36.0 Å². The maximum atomic E-state index is 12.7. The normalized spacial score (nSPS) is 12.4. The van der Waals surface area contributed by atoms with Crippen molar-refractivity contribution >= 4 is 23.6 Å². The van der Waals surface area contributed by atoms with Crippen LogP contribution in [-0.2, 0) is 27.3 Å². The minimum atomic E-state index is -0.936. The first kappa shape index (κ1) is 24.5. The minimum absolute atomic E-state index is 0.0431. The van der Waals surface area contributed by atoms with Crippen molar-refractivity contribution in [3.8, 4) is 0 Å². The molecule has 170 valence electrons. The van der Waals surface area contributed by atoms with Gasteiger partial charge in [0, 0.05) is 18.5 Å². The van der Waals surface area contributed by atoms with Gasteiger partial charge in [0.1, 0.15) is 11.9 Å². The van der Waals surface area contributed by atoms with Crippen LogP contribution in [-0.4, -0.2) is 35.6 Å². The van der Waals surface area contributed by atoms with E-state index in [1.807, 2.05) is 30.3 Å². The molecule has 0 saturated carbocycles. The molecule has 2 rings (SSSR count). The highest BCUT2D eigenvalue weighted by Gasteiger charge is 2.24. The number of benzene rings is 2. The number of rotatable bonds is 12. The summed E-state index contributed by atoms with van der Waals surface area (Å²) in [6.45, 7) is 0.208. The summed E-state index contributed by atoms with van der Waals surface area (Å²) in [6, 6.07) is 14.8. The van der Waals surface area contributed by atoms with Crippen molar-refractivity contribution in [1.82, 2.24) is 10.6 Å². The molecule has 2 aromatic carbocycles. The van der Waals surface area contributed by atoms with Gasteiger partial charge in [0.2, 0.25) is 17.7 Å². The second kappa shape index (κ2) is 12.2. The molecular weight excluding hydrogens is 408 g/mol. The number of nitrogens with two attached hydrogens (primary N) is 3. The molecule has 0 spiro atoms. The van der Waals surface area contributed by atoms with E-state index in [1.165, 1.54) is 0 Å². The van der Waals surface area contributed by atoms with Crippen LogP contribution in [0.15, 0.2) is 54.6 Å². The molecule has 0 bridgehead atoms. The Morgan fingerprint density at radius 3 is 2.12 bits per heavy atom. The Labute approximate surface area is 187 Å². The highest BCUT2D eigenvalue weighted by molar-refractivity contribution is 5.95. The number of carbonyl (C=O) groups excluding carboxylic acids is 3. The third-order valence-corrected chi connectivity index (χ3v) is 4.97. The Morgan fingerprint density at radius 2 is 1.53 bits per heavy atom. The SMILES string of the molecule is N=C(N)c1ccc(CNC(=O)[C@H](CCC(N)=O)NC(=O)[C@H](N)CCc2ccccc2)cc1. The van der Waals surface area contributed by atoms with Gasteiger partial charge in [-0.15, -0.1) is 0 Å². The highest BCUT2D eigenvalue weighted by atomic mass is 16.2. The lowest BCUT2D eigenvalue weighted by Crippen LogP contribution is -2.51. The van der Waals surface area contributed by atoms with Gasteiger partial charge >= 0.3 is 0 Å². The lowest BCUT2D eigenvalue weighted by Gasteiger charge is -2.20. The van der Waals surface area contributed by atoms with E-state index in [2.05, 4.69) is 10.6 Å². The van der Waals surface area contributed by atoms with E-state index in [-0.39, 0.29) is 25.2 Å². The van der Waals surface area contributed by atoms with Gasteiger partial charge in [-0.3, -0.25) is 19.8 Å². The summed E-state index contributed by atoms with van der Waals surface area (Å²) in [5, 5.41) is 12.8.